The van der Waals surface area contributed by atoms with E-state index >= 15 is 0 Å². The average molecular weight is 287 g/mol. The number of nitro groups is 1. The van der Waals surface area contributed by atoms with Crippen LogP contribution in [0.2, 0.25) is 0 Å². The lowest BCUT2D eigenvalue weighted by atomic mass is 10.1. The van der Waals surface area contributed by atoms with E-state index in [0.29, 0.717) is 0 Å². The van der Waals surface area contributed by atoms with Gasteiger partial charge in [0.25, 0.3) is 5.69 Å². The van der Waals surface area contributed by atoms with Gasteiger partial charge in [-0.2, -0.15) is 0 Å². The first-order valence-corrected chi connectivity index (χ1v) is 6.18. The van der Waals surface area contributed by atoms with Crippen molar-refractivity contribution in [3.05, 3.63) is 64.0 Å². The van der Waals surface area contributed by atoms with Crippen LogP contribution in [0.25, 0.3) is 0 Å². The molecule has 0 radical (unpaired) electrons. The van der Waals surface area contributed by atoms with E-state index in [9.17, 15) is 14.9 Å². The molecular formula is C14H13N3O4. The summed E-state index contributed by atoms with van der Waals surface area (Å²) >= 11 is 0. The van der Waals surface area contributed by atoms with E-state index in [0.717, 1.165) is 11.8 Å². The molecule has 7 heteroatoms. The number of carboxylic acids is 1. The van der Waals surface area contributed by atoms with E-state index in [4.69, 9.17) is 5.11 Å². The highest BCUT2D eigenvalue weighted by molar-refractivity contribution is 5.89. The maximum Gasteiger partial charge on any atom is 0.335 e. The Morgan fingerprint density at radius 2 is 2.14 bits per heavy atom. The highest BCUT2D eigenvalue weighted by Crippen LogP contribution is 2.28. The number of nitrogens with zero attached hydrogens (tertiary/aromatic N) is 2. The topological polar surface area (TPSA) is 105 Å². The SMILES string of the molecule is CC(Nc1ccc(C(=O)O)cc1[N+](=O)[O-])c1ccccn1. The van der Waals surface area contributed by atoms with E-state index < -0.39 is 10.9 Å². The number of hydrogen-bond donors (Lipinski definition) is 2. The summed E-state index contributed by atoms with van der Waals surface area (Å²) in [6.45, 7) is 1.82. The van der Waals surface area contributed by atoms with Crippen LogP contribution in [0, 0.1) is 10.1 Å². The molecule has 2 aromatic rings. The van der Waals surface area contributed by atoms with Crippen molar-refractivity contribution in [2.24, 2.45) is 0 Å². The molecule has 0 aliphatic heterocycles. The Kier molecular flexibility index (Phi) is 4.13. The molecule has 0 saturated heterocycles. The minimum absolute atomic E-state index is 0.127. The number of nitrogens with one attached hydrogen (secondary N) is 1. The van der Waals surface area contributed by atoms with Gasteiger partial charge in [0.2, 0.25) is 0 Å². The van der Waals surface area contributed by atoms with Crippen LogP contribution in [0.4, 0.5) is 11.4 Å². The van der Waals surface area contributed by atoms with Crippen molar-refractivity contribution < 1.29 is 14.8 Å². The lowest BCUT2D eigenvalue weighted by molar-refractivity contribution is -0.384. The molecule has 2 rings (SSSR count). The Morgan fingerprint density at radius 3 is 2.71 bits per heavy atom. The van der Waals surface area contributed by atoms with Crippen LogP contribution < -0.4 is 5.32 Å². The molecule has 0 saturated carbocycles. The zero-order valence-electron chi connectivity index (χ0n) is 11.2. The summed E-state index contributed by atoms with van der Waals surface area (Å²) in [5.41, 5.74) is 0.577. The monoisotopic (exact) mass is 287 g/mol. The average Bonchev–Trinajstić information content (AvgIpc) is 2.48. The van der Waals surface area contributed by atoms with Crippen LogP contribution in [0.1, 0.15) is 29.0 Å². The van der Waals surface area contributed by atoms with E-state index in [2.05, 4.69) is 10.3 Å². The van der Waals surface area contributed by atoms with Gasteiger partial charge < -0.3 is 10.4 Å². The molecule has 1 unspecified atom stereocenters. The van der Waals surface area contributed by atoms with Gasteiger partial charge >= 0.3 is 5.97 Å². The minimum Gasteiger partial charge on any atom is -0.478 e. The normalized spacial score (nSPS) is 11.7. The number of aromatic nitrogens is 1. The van der Waals surface area contributed by atoms with Crippen molar-refractivity contribution in [2.75, 3.05) is 5.32 Å². The third-order valence-corrected chi connectivity index (χ3v) is 2.94. The molecule has 0 aliphatic rings. The van der Waals surface area contributed by atoms with Gasteiger partial charge in [-0.05, 0) is 31.2 Å². The lowest BCUT2D eigenvalue weighted by Gasteiger charge is -2.14. The van der Waals surface area contributed by atoms with Gasteiger partial charge in [-0.15, -0.1) is 0 Å². The summed E-state index contributed by atoms with van der Waals surface area (Å²) in [5.74, 6) is -1.21. The standard InChI is InChI=1S/C14H13N3O4/c1-9(11-4-2-3-7-15-11)16-12-6-5-10(14(18)19)8-13(12)17(20)21/h2-9,16H,1H3,(H,18,19). The summed E-state index contributed by atoms with van der Waals surface area (Å²) in [6, 6.07) is 8.90. The Morgan fingerprint density at radius 1 is 1.38 bits per heavy atom. The van der Waals surface area contributed by atoms with Crippen LogP contribution in [0.5, 0.6) is 0 Å². The molecule has 2 N–H and O–H groups in total. The number of anilines is 1. The highest BCUT2D eigenvalue weighted by atomic mass is 16.6. The second-order valence-electron chi connectivity index (χ2n) is 4.41. The van der Waals surface area contributed by atoms with Gasteiger partial charge in [-0.25, -0.2) is 4.79 Å². The Balaban J connectivity index is 2.31. The summed E-state index contributed by atoms with van der Waals surface area (Å²) in [7, 11) is 0. The molecule has 1 atom stereocenters. The smallest absolute Gasteiger partial charge is 0.335 e. The number of rotatable bonds is 5. The maximum atomic E-state index is 11.1. The molecule has 1 aromatic heterocycles. The van der Waals surface area contributed by atoms with Gasteiger partial charge in [0.05, 0.1) is 22.2 Å². The number of carboxylic acid groups (broad SMARTS) is 1. The second-order valence-corrected chi connectivity index (χ2v) is 4.41. The van der Waals surface area contributed by atoms with E-state index in [1.54, 1.807) is 18.3 Å². The molecule has 21 heavy (non-hydrogen) atoms. The third kappa shape index (κ3) is 3.33. The van der Waals surface area contributed by atoms with Gasteiger partial charge in [-0.1, -0.05) is 6.07 Å². The first kappa shape index (κ1) is 14.4. The van der Waals surface area contributed by atoms with Crippen molar-refractivity contribution in [3.63, 3.8) is 0 Å². The first-order valence-electron chi connectivity index (χ1n) is 6.18. The summed E-state index contributed by atoms with van der Waals surface area (Å²) in [6.07, 6.45) is 1.63. The van der Waals surface area contributed by atoms with Crippen molar-refractivity contribution >= 4 is 17.3 Å². The van der Waals surface area contributed by atoms with Crippen molar-refractivity contribution in [2.45, 2.75) is 13.0 Å². The first-order chi connectivity index (χ1) is 9.99. The van der Waals surface area contributed by atoms with Gasteiger partial charge in [0, 0.05) is 12.3 Å². The number of carbonyl (C=O) groups is 1. The van der Waals surface area contributed by atoms with Crippen LogP contribution in [0.3, 0.4) is 0 Å². The molecule has 0 aliphatic carbocycles. The summed E-state index contributed by atoms with van der Waals surface area (Å²) in [4.78, 5) is 25.5. The molecule has 7 nitrogen and oxygen atoms in total. The summed E-state index contributed by atoms with van der Waals surface area (Å²) in [5, 5.41) is 22.9. The van der Waals surface area contributed by atoms with Crippen molar-refractivity contribution in [3.8, 4) is 0 Å². The fraction of sp³-hybridized carbons (Fsp3) is 0.143. The third-order valence-electron chi connectivity index (χ3n) is 2.94. The predicted octanol–water partition coefficient (Wildman–Crippen LogP) is 2.86. The zero-order valence-corrected chi connectivity index (χ0v) is 11.2. The van der Waals surface area contributed by atoms with Crippen LogP contribution >= 0.6 is 0 Å². The van der Waals surface area contributed by atoms with Crippen molar-refractivity contribution in [1.29, 1.82) is 0 Å². The lowest BCUT2D eigenvalue weighted by Crippen LogP contribution is -2.10. The number of nitro benzene ring substituents is 1. The molecule has 0 bridgehead atoms. The summed E-state index contributed by atoms with van der Waals surface area (Å²) < 4.78 is 0. The Labute approximate surface area is 120 Å². The van der Waals surface area contributed by atoms with Crippen LogP contribution in [-0.4, -0.2) is 21.0 Å². The van der Waals surface area contributed by atoms with Crippen molar-refractivity contribution in [1.82, 2.24) is 4.98 Å². The van der Waals surface area contributed by atoms with E-state index in [1.807, 2.05) is 13.0 Å². The Hall–Kier alpha value is -2.96. The number of pyridine rings is 1. The molecule has 0 amide bonds. The number of hydrogen-bond acceptors (Lipinski definition) is 5. The second kappa shape index (κ2) is 6.00. The van der Waals surface area contributed by atoms with E-state index in [1.165, 1.54) is 12.1 Å². The molecule has 0 fully saturated rings. The maximum absolute atomic E-state index is 11.1. The Bertz CT molecular complexity index is 673. The minimum atomic E-state index is -1.21. The van der Waals surface area contributed by atoms with Gasteiger partial charge in [0.1, 0.15) is 5.69 Å². The van der Waals surface area contributed by atoms with Crippen LogP contribution in [-0.2, 0) is 0 Å². The predicted molar refractivity (Wildman–Crippen MR) is 76.3 cm³/mol. The number of aromatic carboxylic acids is 1. The van der Waals surface area contributed by atoms with E-state index in [-0.39, 0.29) is 23.0 Å². The fourth-order valence-electron chi connectivity index (χ4n) is 1.88. The molecule has 108 valence electrons. The zero-order chi connectivity index (χ0) is 15.4. The quantitative estimate of drug-likeness (QED) is 0.647. The largest absolute Gasteiger partial charge is 0.478 e. The molecule has 1 heterocycles. The number of benzene rings is 1. The fourth-order valence-corrected chi connectivity index (χ4v) is 1.88. The molecule has 0 spiro atoms. The molecular weight excluding hydrogens is 274 g/mol. The highest BCUT2D eigenvalue weighted by Gasteiger charge is 2.19. The van der Waals surface area contributed by atoms with Gasteiger partial charge in [-0.3, -0.25) is 15.1 Å². The van der Waals surface area contributed by atoms with Gasteiger partial charge in [0.15, 0.2) is 0 Å². The van der Waals surface area contributed by atoms with Crippen LogP contribution in [0.15, 0.2) is 42.6 Å². The molecule has 1 aromatic carbocycles.